The van der Waals surface area contributed by atoms with Crippen molar-refractivity contribution in [1.29, 1.82) is 0 Å². The Morgan fingerprint density at radius 3 is 1.16 bits per heavy atom. The molecule has 0 radical (unpaired) electrons. The Bertz CT molecular complexity index is 993. The van der Waals surface area contributed by atoms with Gasteiger partial charge >= 0.3 is 0 Å². The first kappa shape index (κ1) is 24.2. The first-order chi connectivity index (χ1) is 14.5. The topological polar surface area (TPSA) is 0 Å². The highest BCUT2D eigenvalue weighted by Crippen LogP contribution is 2.14. The van der Waals surface area contributed by atoms with E-state index in [2.05, 4.69) is 125 Å². The average Bonchev–Trinajstić information content (AvgIpc) is 2.75. The van der Waals surface area contributed by atoms with E-state index in [1.165, 1.54) is 44.5 Å². The second-order valence-corrected chi connectivity index (χ2v) is 8.24. The van der Waals surface area contributed by atoms with E-state index in [0.29, 0.717) is 0 Å². The van der Waals surface area contributed by atoms with Gasteiger partial charge in [-0.25, -0.2) is 0 Å². The third-order valence-corrected chi connectivity index (χ3v) is 5.43. The minimum atomic E-state index is 0. The van der Waals surface area contributed by atoms with E-state index >= 15 is 0 Å². The molecule has 0 amide bonds. The molecule has 31 heavy (non-hydrogen) atoms. The lowest BCUT2D eigenvalue weighted by atomic mass is 10.0. The molecule has 0 aliphatic rings. The van der Waals surface area contributed by atoms with Gasteiger partial charge in [0.15, 0.2) is 0 Å². The van der Waals surface area contributed by atoms with Crippen LogP contribution in [0, 0.1) is 27.7 Å². The molecule has 0 heterocycles. The van der Waals surface area contributed by atoms with Gasteiger partial charge in [0, 0.05) is 0 Å². The van der Waals surface area contributed by atoms with E-state index < -0.39 is 0 Å². The van der Waals surface area contributed by atoms with E-state index in [1.807, 2.05) is 0 Å². The van der Waals surface area contributed by atoms with Gasteiger partial charge in [0.2, 0.25) is 0 Å². The van der Waals surface area contributed by atoms with E-state index in [1.54, 1.807) is 0 Å². The van der Waals surface area contributed by atoms with Gasteiger partial charge in [-0.3, -0.25) is 0 Å². The minimum Gasteiger partial charge on any atom is -0.0776 e. The van der Waals surface area contributed by atoms with Crippen LogP contribution in [0.5, 0.6) is 0 Å². The molecule has 0 heteroatoms. The monoisotopic (exact) mass is 408 g/mol. The summed E-state index contributed by atoms with van der Waals surface area (Å²) in [5.41, 5.74) is 10.9. The zero-order valence-electron chi connectivity index (χ0n) is 18.7. The molecule has 0 saturated heterocycles. The minimum absolute atomic E-state index is 0. The Hall–Kier alpha value is -3.12. The molecule has 0 fully saturated rings. The molecule has 0 aliphatic heterocycles. The molecular weight excluding hydrogens is 372 g/mol. The van der Waals surface area contributed by atoms with Crippen molar-refractivity contribution >= 4 is 0 Å². The van der Waals surface area contributed by atoms with Crippen LogP contribution in [0.25, 0.3) is 0 Å². The van der Waals surface area contributed by atoms with Crippen molar-refractivity contribution in [2.45, 2.75) is 48.0 Å². The molecule has 0 saturated carbocycles. The highest BCUT2D eigenvalue weighted by atomic mass is 14.0. The van der Waals surface area contributed by atoms with Crippen molar-refractivity contribution in [2.75, 3.05) is 0 Å². The van der Waals surface area contributed by atoms with Crippen molar-refractivity contribution in [3.05, 3.63) is 142 Å². The van der Waals surface area contributed by atoms with Crippen LogP contribution < -0.4 is 0 Å². The van der Waals surface area contributed by atoms with Gasteiger partial charge in [0.05, 0.1) is 0 Å². The van der Waals surface area contributed by atoms with Crippen molar-refractivity contribution in [1.82, 2.24) is 0 Å². The van der Waals surface area contributed by atoms with Gasteiger partial charge < -0.3 is 0 Å². The fraction of sp³-hybridized carbons (Fsp3) is 0.226. The smallest absolute Gasteiger partial charge is 0.00231 e. The summed E-state index contributed by atoms with van der Waals surface area (Å²) in [5, 5.41) is 0. The van der Waals surface area contributed by atoms with Crippen LogP contribution in [-0.2, 0) is 12.8 Å². The van der Waals surface area contributed by atoms with Crippen LogP contribution in [0.15, 0.2) is 97.1 Å². The summed E-state index contributed by atoms with van der Waals surface area (Å²) < 4.78 is 0. The molecule has 0 bridgehead atoms. The van der Waals surface area contributed by atoms with Crippen LogP contribution >= 0.6 is 0 Å². The first-order valence-corrected chi connectivity index (χ1v) is 10.7. The molecule has 0 nitrogen and oxygen atoms in total. The Morgan fingerprint density at radius 1 is 0.419 bits per heavy atom. The molecule has 4 aromatic carbocycles. The van der Waals surface area contributed by atoms with Gasteiger partial charge in [-0.2, -0.15) is 0 Å². The quantitative estimate of drug-likeness (QED) is 0.318. The lowest BCUT2D eigenvalue weighted by molar-refractivity contribution is 1.15. The normalized spacial score (nSPS) is 9.94. The lowest BCUT2D eigenvalue weighted by Crippen LogP contribution is -1.91. The zero-order valence-corrected chi connectivity index (χ0v) is 18.7. The fourth-order valence-corrected chi connectivity index (χ4v) is 3.38. The van der Waals surface area contributed by atoms with Crippen molar-refractivity contribution < 1.29 is 0 Å². The fourth-order valence-electron chi connectivity index (χ4n) is 3.38. The Balaban J connectivity index is 0.000000213. The summed E-state index contributed by atoms with van der Waals surface area (Å²) in [6, 6.07) is 34.8. The number of benzene rings is 4. The maximum Gasteiger partial charge on any atom is -0.00231 e. The summed E-state index contributed by atoms with van der Waals surface area (Å²) in [7, 11) is 0. The van der Waals surface area contributed by atoms with Crippen LogP contribution in [0.2, 0.25) is 0 Å². The molecular formula is C31H36. The Labute approximate surface area is 189 Å². The van der Waals surface area contributed by atoms with Crippen LogP contribution in [0.4, 0.5) is 0 Å². The zero-order chi connectivity index (χ0) is 21.3. The maximum atomic E-state index is 2.21. The lowest BCUT2D eigenvalue weighted by Gasteiger charge is -2.05. The van der Waals surface area contributed by atoms with Gasteiger partial charge in [-0.1, -0.05) is 121 Å². The van der Waals surface area contributed by atoms with Crippen LogP contribution in [-0.4, -0.2) is 0 Å². The predicted molar refractivity (Wildman–Crippen MR) is 137 cm³/mol. The number of hydrogen-bond donors (Lipinski definition) is 0. The second-order valence-electron chi connectivity index (χ2n) is 8.24. The highest BCUT2D eigenvalue weighted by molar-refractivity contribution is 5.33. The molecule has 0 spiro atoms. The maximum absolute atomic E-state index is 2.21. The average molecular weight is 409 g/mol. The molecule has 0 atom stereocenters. The van der Waals surface area contributed by atoms with Crippen molar-refractivity contribution in [3.8, 4) is 0 Å². The molecule has 4 rings (SSSR count). The van der Waals surface area contributed by atoms with Crippen molar-refractivity contribution in [3.63, 3.8) is 0 Å². The van der Waals surface area contributed by atoms with Gasteiger partial charge in [0.25, 0.3) is 0 Å². The second kappa shape index (κ2) is 11.9. The third-order valence-electron chi connectivity index (χ3n) is 5.43. The summed E-state index contributed by atoms with van der Waals surface area (Å²) in [6.07, 6.45) is 2.06. The number of hydrogen-bond acceptors (Lipinski definition) is 0. The number of rotatable bonds is 4. The molecule has 0 unspecified atom stereocenters. The van der Waals surface area contributed by atoms with Gasteiger partial charge in [-0.05, 0) is 68.4 Å². The SMILES string of the molecule is C.Cc1ccc(Cc2ccc(C)cc2)cc1.Cc1ccc(Cc2ccccc2C)cc1. The standard InChI is InChI=1S/2C15H16.CH4/c1-12-3-7-14(8-4-12)11-15-9-5-13(2)6-10-15;1-12-7-9-14(10-8-12)11-15-6-4-3-5-13(15)2;/h2*3-10H,11H2,1-2H3;1H4. The van der Waals surface area contributed by atoms with E-state index in [4.69, 9.17) is 0 Å². The summed E-state index contributed by atoms with van der Waals surface area (Å²) >= 11 is 0. The molecule has 4 aromatic rings. The summed E-state index contributed by atoms with van der Waals surface area (Å²) in [5.74, 6) is 0. The molecule has 0 aromatic heterocycles. The largest absolute Gasteiger partial charge is 0.0776 e. The van der Waals surface area contributed by atoms with Gasteiger partial charge in [0.1, 0.15) is 0 Å². The van der Waals surface area contributed by atoms with Crippen LogP contribution in [0.3, 0.4) is 0 Å². The summed E-state index contributed by atoms with van der Waals surface area (Å²) in [4.78, 5) is 0. The van der Waals surface area contributed by atoms with E-state index in [0.717, 1.165) is 12.8 Å². The number of aryl methyl sites for hydroxylation is 4. The van der Waals surface area contributed by atoms with Gasteiger partial charge in [-0.15, -0.1) is 0 Å². The predicted octanol–water partition coefficient (Wildman–Crippen LogP) is 8.42. The molecule has 0 N–H and O–H groups in total. The third kappa shape index (κ3) is 7.90. The highest BCUT2D eigenvalue weighted by Gasteiger charge is 1.98. The Kier molecular flexibility index (Phi) is 9.28. The molecule has 160 valence electrons. The molecule has 0 aliphatic carbocycles. The first-order valence-electron chi connectivity index (χ1n) is 10.7. The van der Waals surface area contributed by atoms with E-state index in [-0.39, 0.29) is 7.43 Å². The van der Waals surface area contributed by atoms with Crippen molar-refractivity contribution in [2.24, 2.45) is 0 Å². The Morgan fingerprint density at radius 2 is 0.774 bits per heavy atom. The summed E-state index contributed by atoms with van der Waals surface area (Å²) in [6.45, 7) is 8.53. The van der Waals surface area contributed by atoms with E-state index in [9.17, 15) is 0 Å². The van der Waals surface area contributed by atoms with Crippen LogP contribution in [0.1, 0.15) is 51.9 Å².